The second kappa shape index (κ2) is 12.8. The minimum atomic E-state index is -0.247. The smallest absolute Gasteiger partial charge is 0.184 e. The van der Waals surface area contributed by atoms with Gasteiger partial charge in [0.1, 0.15) is 5.78 Å². The van der Waals surface area contributed by atoms with Gasteiger partial charge in [-0.05, 0) is 51.7 Å². The first-order valence-corrected chi connectivity index (χ1v) is 10.7. The van der Waals surface area contributed by atoms with Crippen LogP contribution in [0.4, 0.5) is 0 Å². The quantitative estimate of drug-likeness (QED) is 0.506. The monoisotopic (exact) mass is 407 g/mol. The molecule has 1 N–H and O–H groups in total. The molecule has 162 valence electrons. The number of hydrogen-bond donors (Lipinski definition) is 1. The Labute approximate surface area is 182 Å². The van der Waals surface area contributed by atoms with Crippen molar-refractivity contribution in [3.05, 3.63) is 77.0 Å². The van der Waals surface area contributed by atoms with E-state index in [0.717, 1.165) is 35.1 Å². The lowest BCUT2D eigenvalue weighted by molar-refractivity contribution is -0.117. The SMILES string of the molecule is C/C(=C\NC(C)C(=O)c1ccc(C)cc1)c1ccc(C)cc1.CCC(C)CC(C)=O. The highest BCUT2D eigenvalue weighted by Gasteiger charge is 2.13. The molecule has 0 aliphatic carbocycles. The van der Waals surface area contributed by atoms with Gasteiger partial charge in [0.15, 0.2) is 5.78 Å². The third-order valence-electron chi connectivity index (χ3n) is 5.12. The van der Waals surface area contributed by atoms with Crippen LogP contribution < -0.4 is 5.32 Å². The highest BCUT2D eigenvalue weighted by Crippen LogP contribution is 2.14. The van der Waals surface area contributed by atoms with Crippen molar-refractivity contribution in [2.75, 3.05) is 0 Å². The lowest BCUT2D eigenvalue weighted by Gasteiger charge is -2.12. The van der Waals surface area contributed by atoms with E-state index in [-0.39, 0.29) is 11.8 Å². The number of carbonyl (C=O) groups excluding carboxylic acids is 2. The summed E-state index contributed by atoms with van der Waals surface area (Å²) in [6.07, 6.45) is 3.78. The molecule has 3 nitrogen and oxygen atoms in total. The van der Waals surface area contributed by atoms with Gasteiger partial charge in [-0.2, -0.15) is 0 Å². The summed E-state index contributed by atoms with van der Waals surface area (Å²) in [4.78, 5) is 22.8. The molecule has 0 amide bonds. The van der Waals surface area contributed by atoms with Gasteiger partial charge < -0.3 is 10.1 Å². The molecule has 0 radical (unpaired) electrons. The van der Waals surface area contributed by atoms with Crippen LogP contribution in [-0.4, -0.2) is 17.6 Å². The molecule has 0 aliphatic heterocycles. The average Bonchev–Trinajstić information content (AvgIpc) is 2.72. The number of Topliss-reactive ketones (excluding diaryl/α,β-unsaturated/α-hetero) is 2. The molecular weight excluding hydrogens is 370 g/mol. The number of rotatable bonds is 8. The van der Waals surface area contributed by atoms with Gasteiger partial charge >= 0.3 is 0 Å². The molecule has 0 fully saturated rings. The Morgan fingerprint density at radius 2 is 1.33 bits per heavy atom. The second-order valence-corrected chi connectivity index (χ2v) is 8.23. The third-order valence-corrected chi connectivity index (χ3v) is 5.12. The van der Waals surface area contributed by atoms with Crippen molar-refractivity contribution in [1.29, 1.82) is 0 Å². The minimum absolute atomic E-state index is 0.105. The number of ketones is 2. The number of nitrogens with one attached hydrogen (secondary N) is 1. The average molecular weight is 408 g/mol. The highest BCUT2D eigenvalue weighted by molar-refractivity contribution is 6.00. The first-order valence-electron chi connectivity index (χ1n) is 10.7. The Kier molecular flexibility index (Phi) is 10.8. The topological polar surface area (TPSA) is 46.2 Å². The lowest BCUT2D eigenvalue weighted by Crippen LogP contribution is -2.30. The molecule has 2 aromatic rings. The maximum absolute atomic E-state index is 12.4. The van der Waals surface area contributed by atoms with Gasteiger partial charge in [0.05, 0.1) is 6.04 Å². The van der Waals surface area contributed by atoms with E-state index in [2.05, 4.69) is 50.4 Å². The molecule has 0 aliphatic rings. The fourth-order valence-corrected chi connectivity index (χ4v) is 2.83. The maximum atomic E-state index is 12.4. The molecule has 0 saturated heterocycles. The maximum Gasteiger partial charge on any atom is 0.184 e. The van der Waals surface area contributed by atoms with Crippen LogP contribution in [0.2, 0.25) is 0 Å². The van der Waals surface area contributed by atoms with Crippen LogP contribution in [0.25, 0.3) is 5.57 Å². The van der Waals surface area contributed by atoms with E-state index in [0.29, 0.717) is 11.7 Å². The van der Waals surface area contributed by atoms with Crippen molar-refractivity contribution < 1.29 is 9.59 Å². The summed E-state index contributed by atoms with van der Waals surface area (Å²) in [7, 11) is 0. The van der Waals surface area contributed by atoms with Crippen LogP contribution >= 0.6 is 0 Å². The van der Waals surface area contributed by atoms with Crippen LogP contribution in [0.1, 0.15) is 74.5 Å². The van der Waals surface area contributed by atoms with Crippen LogP contribution in [0.5, 0.6) is 0 Å². The first kappa shape index (κ1) is 25.4. The van der Waals surface area contributed by atoms with Crippen molar-refractivity contribution >= 4 is 17.1 Å². The van der Waals surface area contributed by atoms with Gasteiger partial charge in [-0.25, -0.2) is 0 Å². The molecule has 2 rings (SSSR count). The fourth-order valence-electron chi connectivity index (χ4n) is 2.83. The number of benzene rings is 2. The Balaban J connectivity index is 0.000000479. The van der Waals surface area contributed by atoms with Crippen LogP contribution in [0.3, 0.4) is 0 Å². The summed E-state index contributed by atoms with van der Waals surface area (Å²) in [6.45, 7) is 13.9. The Bertz CT molecular complexity index is 832. The molecule has 0 heterocycles. The number of allylic oxidation sites excluding steroid dienone is 1. The molecule has 0 aromatic heterocycles. The van der Waals surface area contributed by atoms with Gasteiger partial charge in [0, 0.05) is 18.2 Å². The van der Waals surface area contributed by atoms with E-state index < -0.39 is 0 Å². The zero-order valence-electron chi connectivity index (χ0n) is 19.6. The molecule has 2 unspecified atom stereocenters. The molecule has 0 bridgehead atoms. The van der Waals surface area contributed by atoms with Gasteiger partial charge in [-0.1, -0.05) is 79.9 Å². The molecule has 30 heavy (non-hydrogen) atoms. The van der Waals surface area contributed by atoms with E-state index in [9.17, 15) is 9.59 Å². The molecule has 3 heteroatoms. The van der Waals surface area contributed by atoms with Crippen molar-refractivity contribution in [1.82, 2.24) is 5.32 Å². The van der Waals surface area contributed by atoms with Crippen molar-refractivity contribution in [3.8, 4) is 0 Å². The van der Waals surface area contributed by atoms with E-state index in [1.165, 1.54) is 5.56 Å². The van der Waals surface area contributed by atoms with Gasteiger partial charge in [0.2, 0.25) is 0 Å². The van der Waals surface area contributed by atoms with Crippen LogP contribution in [0, 0.1) is 19.8 Å². The highest BCUT2D eigenvalue weighted by atomic mass is 16.1. The number of aryl methyl sites for hydroxylation is 2. The lowest BCUT2D eigenvalue weighted by atomic mass is 10.0. The fraction of sp³-hybridized carbons (Fsp3) is 0.407. The van der Waals surface area contributed by atoms with Crippen molar-refractivity contribution in [3.63, 3.8) is 0 Å². The van der Waals surface area contributed by atoms with E-state index in [1.54, 1.807) is 6.92 Å². The second-order valence-electron chi connectivity index (χ2n) is 8.23. The van der Waals surface area contributed by atoms with E-state index in [1.807, 2.05) is 51.2 Å². The van der Waals surface area contributed by atoms with Crippen LogP contribution in [-0.2, 0) is 4.79 Å². The summed E-state index contributed by atoms with van der Waals surface area (Å²) in [5, 5.41) is 3.20. The Morgan fingerprint density at radius 1 is 0.867 bits per heavy atom. The van der Waals surface area contributed by atoms with Crippen molar-refractivity contribution in [2.24, 2.45) is 5.92 Å². The summed E-state index contributed by atoms with van der Waals surface area (Å²) < 4.78 is 0. The Hall–Kier alpha value is -2.68. The summed E-state index contributed by atoms with van der Waals surface area (Å²) in [6, 6.07) is 15.8. The summed E-state index contributed by atoms with van der Waals surface area (Å²) in [5.41, 5.74) is 5.42. The molecule has 2 aromatic carbocycles. The predicted octanol–water partition coefficient (Wildman–Crippen LogP) is 6.54. The van der Waals surface area contributed by atoms with Gasteiger partial charge in [-0.15, -0.1) is 0 Å². The van der Waals surface area contributed by atoms with E-state index in [4.69, 9.17) is 0 Å². The molecular formula is C27H37NO2. The van der Waals surface area contributed by atoms with E-state index >= 15 is 0 Å². The largest absolute Gasteiger partial charge is 0.381 e. The standard InChI is InChI=1S/C20H23NO.C7H14O/c1-14-5-9-18(10-6-14)16(3)13-21-17(4)20(22)19-11-7-15(2)8-12-19;1-4-6(2)5-7(3)8/h5-13,17,21H,1-4H3;6H,4-5H2,1-3H3/b16-13+;. The normalized spacial score (nSPS) is 13.0. The predicted molar refractivity (Wildman–Crippen MR) is 128 cm³/mol. The molecule has 0 spiro atoms. The molecule has 2 atom stereocenters. The zero-order chi connectivity index (χ0) is 22.7. The summed E-state index contributed by atoms with van der Waals surface area (Å²) in [5.74, 6) is 0.986. The zero-order valence-corrected chi connectivity index (χ0v) is 19.6. The number of hydrogen-bond acceptors (Lipinski definition) is 3. The van der Waals surface area contributed by atoms with Gasteiger partial charge in [0.25, 0.3) is 0 Å². The molecule has 0 saturated carbocycles. The number of carbonyl (C=O) groups is 2. The Morgan fingerprint density at radius 3 is 1.73 bits per heavy atom. The van der Waals surface area contributed by atoms with Crippen molar-refractivity contribution in [2.45, 2.75) is 67.3 Å². The van der Waals surface area contributed by atoms with Crippen LogP contribution in [0.15, 0.2) is 54.7 Å². The summed E-state index contributed by atoms with van der Waals surface area (Å²) >= 11 is 0. The van der Waals surface area contributed by atoms with Gasteiger partial charge in [-0.3, -0.25) is 4.79 Å². The minimum Gasteiger partial charge on any atom is -0.381 e. The first-order chi connectivity index (χ1) is 14.1. The third kappa shape index (κ3) is 9.21.